The van der Waals surface area contributed by atoms with E-state index in [2.05, 4.69) is 0 Å². The maximum absolute atomic E-state index is 13.1. The van der Waals surface area contributed by atoms with Gasteiger partial charge in [-0.3, -0.25) is 4.79 Å². The molecule has 0 bridgehead atoms. The number of alkyl halides is 4. The Morgan fingerprint density at radius 2 is 1.94 bits per heavy atom. The summed E-state index contributed by atoms with van der Waals surface area (Å²) < 4.78 is 49.5. The van der Waals surface area contributed by atoms with Gasteiger partial charge >= 0.3 is 18.1 Å². The van der Waals surface area contributed by atoms with Crippen molar-refractivity contribution in [1.82, 2.24) is 4.90 Å². The topological polar surface area (TPSA) is 57.6 Å². The molecule has 1 heterocycles. The Morgan fingerprint density at radius 3 is 2.41 bits per heavy atom. The van der Waals surface area contributed by atoms with E-state index >= 15 is 0 Å². The summed E-state index contributed by atoms with van der Waals surface area (Å²) in [5.41, 5.74) is 0. The molecule has 0 aromatic heterocycles. The fraction of sp³-hybridized carbons (Fsp3) is 0.778. The lowest BCUT2D eigenvalue weighted by molar-refractivity contribution is -0.187. The first-order valence-electron chi connectivity index (χ1n) is 4.96. The maximum Gasteiger partial charge on any atom is 0.471 e. The van der Waals surface area contributed by atoms with Gasteiger partial charge in [-0.2, -0.15) is 13.2 Å². The first-order chi connectivity index (χ1) is 7.73. The highest BCUT2D eigenvalue weighted by Gasteiger charge is 2.45. The van der Waals surface area contributed by atoms with Crippen molar-refractivity contribution in [3.8, 4) is 0 Å². The van der Waals surface area contributed by atoms with Gasteiger partial charge in [0, 0.05) is 19.0 Å². The lowest BCUT2D eigenvalue weighted by atomic mass is 9.93. The molecular weight excluding hydrogens is 246 g/mol. The van der Waals surface area contributed by atoms with Crippen LogP contribution in [-0.2, 0) is 9.59 Å². The molecule has 1 aliphatic heterocycles. The molecule has 0 aromatic carbocycles. The smallest absolute Gasteiger partial charge is 0.471 e. The number of carbonyl (C=O) groups excluding carboxylic acids is 1. The average molecular weight is 257 g/mol. The molecule has 1 fully saturated rings. The van der Waals surface area contributed by atoms with Gasteiger partial charge in [0.2, 0.25) is 6.17 Å². The van der Waals surface area contributed by atoms with Crippen LogP contribution >= 0.6 is 0 Å². The van der Waals surface area contributed by atoms with Gasteiger partial charge in [-0.05, 0) is 12.8 Å². The summed E-state index contributed by atoms with van der Waals surface area (Å²) in [4.78, 5) is 21.7. The molecule has 2 unspecified atom stereocenters. The van der Waals surface area contributed by atoms with E-state index in [1.54, 1.807) is 0 Å². The van der Waals surface area contributed by atoms with Crippen molar-refractivity contribution in [2.75, 3.05) is 13.1 Å². The fourth-order valence-electron chi connectivity index (χ4n) is 1.81. The molecule has 98 valence electrons. The number of nitrogens with zero attached hydrogens (tertiary/aromatic N) is 1. The van der Waals surface area contributed by atoms with Crippen molar-refractivity contribution in [3.63, 3.8) is 0 Å². The Kier molecular flexibility index (Phi) is 3.94. The van der Waals surface area contributed by atoms with Crippen LogP contribution in [0.15, 0.2) is 0 Å². The van der Waals surface area contributed by atoms with Crippen molar-refractivity contribution in [2.45, 2.75) is 25.2 Å². The molecule has 2 atom stereocenters. The second kappa shape index (κ2) is 4.89. The van der Waals surface area contributed by atoms with Gasteiger partial charge in [0.05, 0.1) is 0 Å². The van der Waals surface area contributed by atoms with Gasteiger partial charge < -0.3 is 10.0 Å². The lowest BCUT2D eigenvalue weighted by Gasteiger charge is -2.33. The Hall–Kier alpha value is -1.34. The van der Waals surface area contributed by atoms with Crippen LogP contribution in [0.1, 0.15) is 12.8 Å². The minimum Gasteiger partial charge on any atom is -0.479 e. The van der Waals surface area contributed by atoms with Crippen molar-refractivity contribution in [2.24, 2.45) is 5.92 Å². The largest absolute Gasteiger partial charge is 0.479 e. The number of carboxylic acids is 1. The minimum atomic E-state index is -5.00. The molecule has 4 nitrogen and oxygen atoms in total. The van der Waals surface area contributed by atoms with Gasteiger partial charge in [0.15, 0.2) is 0 Å². The zero-order chi connectivity index (χ0) is 13.2. The van der Waals surface area contributed by atoms with Crippen LogP contribution < -0.4 is 0 Å². The molecule has 17 heavy (non-hydrogen) atoms. The number of carboxylic acid groups (broad SMARTS) is 1. The summed E-state index contributed by atoms with van der Waals surface area (Å²) in [7, 11) is 0. The van der Waals surface area contributed by atoms with Crippen molar-refractivity contribution in [3.05, 3.63) is 0 Å². The first kappa shape index (κ1) is 13.7. The van der Waals surface area contributed by atoms with E-state index < -0.39 is 36.7 Å². The number of carbonyl (C=O) groups is 2. The number of piperidine rings is 1. The molecule has 1 amide bonds. The molecule has 0 aromatic rings. The summed E-state index contributed by atoms with van der Waals surface area (Å²) in [5, 5.41) is 8.42. The molecule has 0 spiro atoms. The molecule has 0 aliphatic carbocycles. The van der Waals surface area contributed by atoms with E-state index in [1.165, 1.54) is 0 Å². The number of hydrogen-bond donors (Lipinski definition) is 1. The van der Waals surface area contributed by atoms with Gasteiger partial charge in [-0.25, -0.2) is 9.18 Å². The average Bonchev–Trinajstić information content (AvgIpc) is 2.25. The number of hydrogen-bond acceptors (Lipinski definition) is 2. The third-order valence-electron chi connectivity index (χ3n) is 2.64. The zero-order valence-electron chi connectivity index (χ0n) is 8.71. The van der Waals surface area contributed by atoms with Crippen LogP contribution in [-0.4, -0.2) is 47.3 Å². The van der Waals surface area contributed by atoms with E-state index in [0.29, 0.717) is 4.90 Å². The summed E-state index contributed by atoms with van der Waals surface area (Å²) in [5.74, 6) is -4.83. The normalized spacial score (nSPS) is 23.3. The Balaban J connectivity index is 2.67. The predicted molar refractivity (Wildman–Crippen MR) is 47.9 cm³/mol. The summed E-state index contributed by atoms with van der Waals surface area (Å²) in [6.45, 7) is -0.632. The van der Waals surface area contributed by atoms with Gasteiger partial charge in [-0.1, -0.05) is 0 Å². The van der Waals surface area contributed by atoms with Crippen LogP contribution in [0.25, 0.3) is 0 Å². The summed E-state index contributed by atoms with van der Waals surface area (Å²) >= 11 is 0. The van der Waals surface area contributed by atoms with Gasteiger partial charge in [0.1, 0.15) is 0 Å². The highest BCUT2D eigenvalue weighted by molar-refractivity contribution is 5.82. The fourth-order valence-corrected chi connectivity index (χ4v) is 1.81. The van der Waals surface area contributed by atoms with Crippen LogP contribution in [0.4, 0.5) is 17.6 Å². The molecule has 0 saturated carbocycles. The monoisotopic (exact) mass is 257 g/mol. The van der Waals surface area contributed by atoms with Crippen LogP contribution in [0, 0.1) is 5.92 Å². The zero-order valence-corrected chi connectivity index (χ0v) is 8.71. The maximum atomic E-state index is 13.1. The van der Waals surface area contributed by atoms with E-state index in [-0.39, 0.29) is 19.4 Å². The molecule has 1 aliphatic rings. The SMILES string of the molecule is O=C(O)C(F)C1CCCN(C(=O)C(F)(F)F)C1. The van der Waals surface area contributed by atoms with E-state index in [0.717, 1.165) is 0 Å². The third kappa shape index (κ3) is 3.31. The molecule has 1 N–H and O–H groups in total. The van der Waals surface area contributed by atoms with Crippen molar-refractivity contribution >= 4 is 11.9 Å². The van der Waals surface area contributed by atoms with Crippen LogP contribution in [0.2, 0.25) is 0 Å². The van der Waals surface area contributed by atoms with Crippen molar-refractivity contribution < 1.29 is 32.3 Å². The predicted octanol–water partition coefficient (Wildman–Crippen LogP) is 1.21. The number of amides is 1. The molecule has 1 saturated heterocycles. The van der Waals surface area contributed by atoms with E-state index in [4.69, 9.17) is 5.11 Å². The van der Waals surface area contributed by atoms with Crippen LogP contribution in [0.5, 0.6) is 0 Å². The Labute approximate surface area is 94.2 Å². The lowest BCUT2D eigenvalue weighted by Crippen LogP contribution is -2.48. The molecule has 0 radical (unpaired) electrons. The number of likely N-dealkylation sites (tertiary alicyclic amines) is 1. The van der Waals surface area contributed by atoms with Crippen molar-refractivity contribution in [1.29, 1.82) is 0 Å². The quantitative estimate of drug-likeness (QED) is 0.756. The number of aliphatic carboxylic acids is 1. The van der Waals surface area contributed by atoms with E-state index in [9.17, 15) is 27.2 Å². The Morgan fingerprint density at radius 1 is 1.35 bits per heavy atom. The van der Waals surface area contributed by atoms with Crippen LogP contribution in [0.3, 0.4) is 0 Å². The highest BCUT2D eigenvalue weighted by atomic mass is 19.4. The molecule has 1 rings (SSSR count). The summed E-state index contributed by atoms with van der Waals surface area (Å²) in [6, 6.07) is 0. The standard InChI is InChI=1S/C9H11F4NO3/c10-6(7(15)16)5-2-1-3-14(4-5)8(17)9(11,12)13/h5-6H,1-4H2,(H,15,16). The molecular formula is C9H11F4NO3. The second-order valence-electron chi connectivity index (χ2n) is 3.89. The number of rotatable bonds is 2. The third-order valence-corrected chi connectivity index (χ3v) is 2.64. The van der Waals surface area contributed by atoms with Gasteiger partial charge in [-0.15, -0.1) is 0 Å². The Bertz CT molecular complexity index is 318. The van der Waals surface area contributed by atoms with E-state index in [1.807, 2.05) is 0 Å². The first-order valence-corrected chi connectivity index (χ1v) is 4.96. The highest BCUT2D eigenvalue weighted by Crippen LogP contribution is 2.26. The second-order valence-corrected chi connectivity index (χ2v) is 3.89. The van der Waals surface area contributed by atoms with Gasteiger partial charge in [0.25, 0.3) is 0 Å². The number of halogens is 4. The minimum absolute atomic E-state index is 0.124. The summed E-state index contributed by atoms with van der Waals surface area (Å²) in [6.07, 6.45) is -6.91. The molecule has 8 heteroatoms.